The molecule has 0 spiro atoms. The summed E-state index contributed by atoms with van der Waals surface area (Å²) in [7, 11) is 0. The molecule has 1 atom stereocenters. The van der Waals surface area contributed by atoms with Crippen molar-refractivity contribution >= 4 is 23.1 Å². The van der Waals surface area contributed by atoms with Crippen molar-refractivity contribution < 1.29 is 35.2 Å². The predicted octanol–water partition coefficient (Wildman–Crippen LogP) is -0.706. The second-order valence-electron chi connectivity index (χ2n) is 3.40. The van der Waals surface area contributed by atoms with Gasteiger partial charge in [0.1, 0.15) is 0 Å². The third-order valence-corrected chi connectivity index (χ3v) is 2.25. The monoisotopic (exact) mass is 316 g/mol. The van der Waals surface area contributed by atoms with Gasteiger partial charge in [0.2, 0.25) is 0 Å². The molecular weight excluding hydrogens is 306 g/mol. The molecule has 1 aromatic rings. The molecular formula is C11H11BrF2MgO2. The fraction of sp³-hybridized carbons (Fsp3) is 0.455. The van der Waals surface area contributed by atoms with Crippen LogP contribution in [-0.2, 0) is 4.74 Å². The first-order valence-electron chi connectivity index (χ1n) is 4.91. The van der Waals surface area contributed by atoms with Gasteiger partial charge in [-0.1, -0.05) is 0 Å². The van der Waals surface area contributed by atoms with Crippen molar-refractivity contribution in [3.8, 4) is 5.75 Å². The van der Waals surface area contributed by atoms with Crippen LogP contribution in [0.5, 0.6) is 5.75 Å². The van der Waals surface area contributed by atoms with Crippen LogP contribution in [-0.4, -0.2) is 35.9 Å². The molecule has 1 saturated heterocycles. The molecule has 1 heterocycles. The van der Waals surface area contributed by atoms with Crippen molar-refractivity contribution in [2.24, 2.45) is 0 Å². The fourth-order valence-electron chi connectivity index (χ4n) is 1.47. The third kappa shape index (κ3) is 4.69. The Morgan fingerprint density at radius 3 is 2.71 bits per heavy atom. The van der Waals surface area contributed by atoms with E-state index in [4.69, 9.17) is 9.47 Å². The zero-order chi connectivity index (χ0) is 10.7. The van der Waals surface area contributed by atoms with Crippen LogP contribution in [0.15, 0.2) is 12.1 Å². The topological polar surface area (TPSA) is 18.5 Å². The minimum absolute atomic E-state index is 0. The van der Waals surface area contributed by atoms with Gasteiger partial charge in [-0.25, -0.2) is 4.39 Å². The maximum absolute atomic E-state index is 13.2. The van der Waals surface area contributed by atoms with Crippen molar-refractivity contribution in [1.29, 1.82) is 0 Å². The molecule has 0 amide bonds. The first kappa shape index (κ1) is 17.1. The van der Waals surface area contributed by atoms with Crippen LogP contribution in [0.25, 0.3) is 0 Å². The van der Waals surface area contributed by atoms with Crippen LogP contribution in [0.4, 0.5) is 8.78 Å². The zero-order valence-electron chi connectivity index (χ0n) is 9.22. The van der Waals surface area contributed by atoms with Crippen LogP contribution in [0.3, 0.4) is 0 Å². The third-order valence-electron chi connectivity index (χ3n) is 2.25. The molecule has 0 aliphatic carbocycles. The summed E-state index contributed by atoms with van der Waals surface area (Å²) in [6, 6.07) is 4.67. The van der Waals surface area contributed by atoms with E-state index >= 15 is 0 Å². The van der Waals surface area contributed by atoms with E-state index in [1.807, 2.05) is 0 Å². The van der Waals surface area contributed by atoms with E-state index in [-0.39, 0.29) is 45.8 Å². The van der Waals surface area contributed by atoms with E-state index in [1.54, 1.807) is 0 Å². The standard InChI is InChI=1S/C11H11F2O2.BrH.Mg/c12-8-4-3-5-9(11(8)13)15-10-6-1-2-7-14-10;;/h4-5,10H,1-2,6-7H2;1H;/q-1;;+2/p-1. The molecule has 90 valence electrons. The number of benzene rings is 1. The normalized spacial score (nSPS) is 18.8. The Kier molecular flexibility index (Phi) is 8.28. The van der Waals surface area contributed by atoms with Gasteiger partial charge in [0.15, 0.2) is 6.29 Å². The van der Waals surface area contributed by atoms with Crippen LogP contribution in [0.2, 0.25) is 0 Å². The Bertz CT molecular complexity index is 346. The SMILES string of the molecule is Fc1c[c-]cc(OC2CCCCO2)c1F.[Br-].[Mg+2]. The van der Waals surface area contributed by atoms with E-state index in [2.05, 4.69) is 6.07 Å². The Balaban J connectivity index is 0.00000128. The molecule has 2 nitrogen and oxygen atoms in total. The van der Waals surface area contributed by atoms with E-state index in [9.17, 15) is 8.78 Å². The van der Waals surface area contributed by atoms with Gasteiger partial charge >= 0.3 is 23.1 Å². The minimum Gasteiger partial charge on any atom is -1.00 e. The molecule has 1 unspecified atom stereocenters. The summed E-state index contributed by atoms with van der Waals surface area (Å²) in [5.74, 6) is -2.08. The van der Waals surface area contributed by atoms with Gasteiger partial charge in [-0.05, 0) is 12.8 Å². The van der Waals surface area contributed by atoms with Crippen LogP contribution in [0.1, 0.15) is 19.3 Å². The van der Waals surface area contributed by atoms with Crippen molar-refractivity contribution in [2.75, 3.05) is 6.61 Å². The first-order valence-corrected chi connectivity index (χ1v) is 4.91. The number of hydrogen-bond donors (Lipinski definition) is 0. The zero-order valence-corrected chi connectivity index (χ0v) is 12.2. The largest absolute Gasteiger partial charge is 2.00 e. The number of halogens is 3. The molecule has 1 aliphatic rings. The average Bonchev–Trinajstić information content (AvgIpc) is 2.26. The molecule has 1 aromatic carbocycles. The van der Waals surface area contributed by atoms with Gasteiger partial charge in [0.05, 0.1) is 12.4 Å². The van der Waals surface area contributed by atoms with Crippen LogP contribution in [0, 0.1) is 17.7 Å². The molecule has 0 radical (unpaired) electrons. The first-order chi connectivity index (χ1) is 7.27. The summed E-state index contributed by atoms with van der Waals surface area (Å²) in [6.45, 7) is 0.602. The Morgan fingerprint density at radius 1 is 1.29 bits per heavy atom. The van der Waals surface area contributed by atoms with Gasteiger partial charge in [-0.15, -0.1) is 12.1 Å². The summed E-state index contributed by atoms with van der Waals surface area (Å²) >= 11 is 0. The molecule has 1 fully saturated rings. The summed E-state index contributed by atoms with van der Waals surface area (Å²) in [5, 5.41) is 0. The van der Waals surface area contributed by atoms with Gasteiger partial charge in [-0.3, -0.25) is 4.39 Å². The average molecular weight is 317 g/mol. The maximum Gasteiger partial charge on any atom is 2.00 e. The molecule has 0 saturated carbocycles. The summed E-state index contributed by atoms with van der Waals surface area (Å²) in [4.78, 5) is 0. The van der Waals surface area contributed by atoms with E-state index < -0.39 is 17.9 Å². The quantitative estimate of drug-likeness (QED) is 0.530. The van der Waals surface area contributed by atoms with Gasteiger partial charge in [0.25, 0.3) is 0 Å². The maximum atomic E-state index is 13.2. The Morgan fingerprint density at radius 2 is 2.06 bits per heavy atom. The van der Waals surface area contributed by atoms with Gasteiger partial charge < -0.3 is 26.5 Å². The second kappa shape index (κ2) is 8.23. The predicted molar refractivity (Wildman–Crippen MR) is 55.2 cm³/mol. The number of hydrogen-bond acceptors (Lipinski definition) is 2. The number of rotatable bonds is 2. The van der Waals surface area contributed by atoms with Crippen molar-refractivity contribution in [3.05, 3.63) is 29.8 Å². The second-order valence-corrected chi connectivity index (χ2v) is 3.40. The van der Waals surface area contributed by atoms with Crippen LogP contribution >= 0.6 is 0 Å². The van der Waals surface area contributed by atoms with Gasteiger partial charge in [-0.2, -0.15) is 6.07 Å². The molecule has 1 aliphatic heterocycles. The number of ether oxygens (including phenoxy) is 2. The van der Waals surface area contributed by atoms with E-state index in [0.29, 0.717) is 13.0 Å². The Labute approximate surface area is 126 Å². The van der Waals surface area contributed by atoms with Crippen molar-refractivity contribution in [1.82, 2.24) is 0 Å². The van der Waals surface area contributed by atoms with Crippen molar-refractivity contribution in [2.45, 2.75) is 25.6 Å². The Hall–Kier alpha value is 0.0862. The molecule has 0 N–H and O–H groups in total. The molecule has 2 rings (SSSR count). The summed E-state index contributed by atoms with van der Waals surface area (Å²) in [5.41, 5.74) is 0. The summed E-state index contributed by atoms with van der Waals surface area (Å²) < 4.78 is 36.4. The van der Waals surface area contributed by atoms with Crippen LogP contribution < -0.4 is 21.7 Å². The molecule has 6 heteroatoms. The van der Waals surface area contributed by atoms with E-state index in [1.165, 1.54) is 6.07 Å². The minimum atomic E-state index is -0.983. The summed E-state index contributed by atoms with van der Waals surface area (Å²) in [6.07, 6.45) is 2.20. The molecule has 0 aromatic heterocycles. The van der Waals surface area contributed by atoms with E-state index in [0.717, 1.165) is 18.9 Å². The van der Waals surface area contributed by atoms with Gasteiger partial charge in [0, 0.05) is 18.0 Å². The fourth-order valence-corrected chi connectivity index (χ4v) is 1.47. The van der Waals surface area contributed by atoms with Crippen molar-refractivity contribution in [3.63, 3.8) is 0 Å². The molecule has 17 heavy (non-hydrogen) atoms. The smallest absolute Gasteiger partial charge is 1.00 e. The molecule has 0 bridgehead atoms.